The molecule has 0 unspecified atom stereocenters. The first-order chi connectivity index (χ1) is 21.8. The van der Waals surface area contributed by atoms with E-state index >= 15 is 0 Å². The van der Waals surface area contributed by atoms with Gasteiger partial charge in [0.2, 0.25) is 5.88 Å². The Bertz CT molecular complexity index is 1670. The number of hydrogen-bond donors (Lipinski definition) is 0. The first-order valence-electron chi connectivity index (χ1n) is 14.8. The quantitative estimate of drug-likeness (QED) is 0.235. The molecule has 45 heavy (non-hydrogen) atoms. The number of rotatable bonds is 10. The fraction of sp³-hybridized carbons (Fsp3) is 0.438. The summed E-state index contributed by atoms with van der Waals surface area (Å²) in [6.45, 7) is 4.39. The number of aromatic nitrogens is 4. The van der Waals surface area contributed by atoms with Crippen molar-refractivity contribution >= 4 is 17.0 Å². The van der Waals surface area contributed by atoms with Crippen molar-refractivity contribution in [2.45, 2.75) is 57.2 Å². The summed E-state index contributed by atoms with van der Waals surface area (Å²) in [6, 6.07) is 10.3. The average molecular weight is 624 g/mol. The van der Waals surface area contributed by atoms with Crippen LogP contribution in [0.4, 0.5) is 8.78 Å². The Morgan fingerprint density at radius 1 is 1.09 bits per heavy atom. The van der Waals surface area contributed by atoms with Gasteiger partial charge in [-0.1, -0.05) is 0 Å². The molecular weight excluding hydrogens is 588 g/mol. The number of benzene rings is 2. The van der Waals surface area contributed by atoms with Crippen LogP contribution in [-0.4, -0.2) is 82.6 Å². The molecule has 0 amide bonds. The van der Waals surface area contributed by atoms with E-state index in [1.807, 2.05) is 12.1 Å². The number of fused-ring (bicyclic) bond motifs is 1. The third-order valence-electron chi connectivity index (χ3n) is 8.35. The molecular formula is C32H35F2N5O6. The molecule has 2 aromatic heterocycles. The van der Waals surface area contributed by atoms with E-state index < -0.39 is 17.6 Å². The number of methoxy groups -OCH3 is 2. The number of nitrogens with zero attached hydrogens (tertiary/aromatic N) is 5. The summed E-state index contributed by atoms with van der Waals surface area (Å²) in [5, 5.41) is 0. The maximum Gasteiger partial charge on any atom is 0.337 e. The molecule has 4 heterocycles. The Kier molecular flexibility index (Phi) is 9.19. The molecule has 2 aliphatic heterocycles. The zero-order chi connectivity index (χ0) is 31.5. The second-order valence-corrected chi connectivity index (χ2v) is 11.2. The second-order valence-electron chi connectivity index (χ2n) is 11.2. The van der Waals surface area contributed by atoms with Crippen molar-refractivity contribution < 1.29 is 37.3 Å². The largest absolute Gasteiger partial charge is 0.483 e. The van der Waals surface area contributed by atoms with E-state index in [1.54, 1.807) is 25.4 Å². The third-order valence-corrected chi connectivity index (χ3v) is 8.35. The summed E-state index contributed by atoms with van der Waals surface area (Å²) >= 11 is 0. The molecule has 6 rings (SSSR count). The van der Waals surface area contributed by atoms with Crippen LogP contribution >= 0.6 is 0 Å². The van der Waals surface area contributed by atoms with Gasteiger partial charge in [0.25, 0.3) is 0 Å². The second kappa shape index (κ2) is 13.4. The molecule has 4 atom stereocenters. The summed E-state index contributed by atoms with van der Waals surface area (Å²) in [7, 11) is 3.04. The van der Waals surface area contributed by atoms with Crippen molar-refractivity contribution in [3.05, 3.63) is 77.5 Å². The molecule has 0 bridgehead atoms. The van der Waals surface area contributed by atoms with Crippen molar-refractivity contribution in [1.29, 1.82) is 0 Å². The summed E-state index contributed by atoms with van der Waals surface area (Å²) in [5.74, 6) is -0.359. The van der Waals surface area contributed by atoms with Crippen LogP contribution in [0, 0.1) is 11.6 Å². The van der Waals surface area contributed by atoms with Crippen molar-refractivity contribution in [2.24, 2.45) is 0 Å². The maximum atomic E-state index is 13.9. The average Bonchev–Trinajstić information content (AvgIpc) is 3.65. The first kappa shape index (κ1) is 30.8. The number of carbonyl (C=O) groups excluding carboxylic acids is 1. The number of ether oxygens (including phenoxy) is 5. The summed E-state index contributed by atoms with van der Waals surface area (Å²) in [4.78, 5) is 28.3. The van der Waals surface area contributed by atoms with E-state index in [9.17, 15) is 13.6 Å². The zero-order valence-corrected chi connectivity index (χ0v) is 25.3. The van der Waals surface area contributed by atoms with Crippen LogP contribution in [0.25, 0.3) is 11.0 Å². The maximum absolute atomic E-state index is 13.9. The smallest absolute Gasteiger partial charge is 0.337 e. The molecule has 2 aliphatic rings. The van der Waals surface area contributed by atoms with E-state index in [0.717, 1.165) is 48.4 Å². The molecule has 0 aliphatic carbocycles. The van der Waals surface area contributed by atoms with E-state index in [4.69, 9.17) is 28.7 Å². The fourth-order valence-electron chi connectivity index (χ4n) is 5.98. The highest BCUT2D eigenvalue weighted by Crippen LogP contribution is 2.32. The molecule has 2 saturated heterocycles. The lowest BCUT2D eigenvalue weighted by atomic mass is 10.0. The van der Waals surface area contributed by atoms with Gasteiger partial charge < -0.3 is 28.3 Å². The predicted molar refractivity (Wildman–Crippen MR) is 158 cm³/mol. The molecule has 0 radical (unpaired) electrons. The Labute approximate surface area is 259 Å². The highest BCUT2D eigenvalue weighted by Gasteiger charge is 2.35. The summed E-state index contributed by atoms with van der Waals surface area (Å²) in [5.41, 5.74) is 2.08. The Morgan fingerprint density at radius 2 is 1.96 bits per heavy atom. The molecule has 2 aromatic carbocycles. The van der Waals surface area contributed by atoms with Crippen molar-refractivity contribution in [3.8, 4) is 11.6 Å². The molecule has 0 N–H and O–H groups in total. The Balaban J connectivity index is 1.13. The van der Waals surface area contributed by atoms with Crippen molar-refractivity contribution in [3.63, 3.8) is 0 Å². The number of carbonyl (C=O) groups is 1. The lowest BCUT2D eigenvalue weighted by Gasteiger charge is -2.37. The van der Waals surface area contributed by atoms with Crippen LogP contribution in [-0.2, 0) is 27.4 Å². The minimum atomic E-state index is -0.792. The van der Waals surface area contributed by atoms with Crippen molar-refractivity contribution in [1.82, 2.24) is 24.4 Å². The van der Waals surface area contributed by atoms with Gasteiger partial charge in [0.1, 0.15) is 30.5 Å². The van der Waals surface area contributed by atoms with E-state index in [0.29, 0.717) is 37.0 Å². The van der Waals surface area contributed by atoms with E-state index in [2.05, 4.69) is 26.4 Å². The van der Waals surface area contributed by atoms with Crippen LogP contribution in [0.1, 0.15) is 47.8 Å². The van der Waals surface area contributed by atoms with Gasteiger partial charge in [-0.15, -0.1) is 0 Å². The van der Waals surface area contributed by atoms with Crippen LogP contribution in [0.2, 0.25) is 0 Å². The van der Waals surface area contributed by atoms with E-state index in [-0.39, 0.29) is 36.6 Å². The molecule has 238 valence electrons. The molecule has 0 saturated carbocycles. The highest BCUT2D eigenvalue weighted by atomic mass is 19.1. The Hall–Kier alpha value is -4.20. The number of esters is 1. The number of hydrogen-bond acceptors (Lipinski definition) is 10. The van der Waals surface area contributed by atoms with Crippen LogP contribution in [0.15, 0.2) is 48.7 Å². The molecule has 13 heteroatoms. The van der Waals surface area contributed by atoms with Gasteiger partial charge >= 0.3 is 5.97 Å². The van der Waals surface area contributed by atoms with E-state index in [1.165, 1.54) is 13.2 Å². The number of piperidine rings is 1. The lowest BCUT2D eigenvalue weighted by molar-refractivity contribution is 0.0508. The van der Waals surface area contributed by atoms with Gasteiger partial charge in [0.05, 0.1) is 49.5 Å². The SMILES string of the molecule is COC(=O)c1ccc2nc(CN3CC[C@H](Oc4ccnc(COc5ccc(F)cc5F)n4)C[C@@H]3C)n([C@@H]3COC[C@@H]3OC)c2c1. The summed E-state index contributed by atoms with van der Waals surface area (Å²) < 4.78 is 57.4. The Morgan fingerprint density at radius 3 is 2.73 bits per heavy atom. The normalized spacial score (nSPS) is 22.1. The van der Waals surface area contributed by atoms with Gasteiger partial charge in [0.15, 0.2) is 17.4 Å². The minimum Gasteiger partial charge on any atom is -0.483 e. The topological polar surface area (TPSA) is 110 Å². The lowest BCUT2D eigenvalue weighted by Crippen LogP contribution is -2.44. The minimum absolute atomic E-state index is 0.0722. The molecule has 11 nitrogen and oxygen atoms in total. The number of imidazole rings is 1. The van der Waals surface area contributed by atoms with Gasteiger partial charge in [-0.2, -0.15) is 4.98 Å². The zero-order valence-electron chi connectivity index (χ0n) is 25.3. The van der Waals surface area contributed by atoms with Gasteiger partial charge in [-0.25, -0.2) is 23.5 Å². The third kappa shape index (κ3) is 6.75. The fourth-order valence-corrected chi connectivity index (χ4v) is 5.98. The van der Waals surface area contributed by atoms with Crippen LogP contribution in [0.3, 0.4) is 0 Å². The number of likely N-dealkylation sites (tertiary alicyclic amines) is 1. The predicted octanol–water partition coefficient (Wildman–Crippen LogP) is 4.49. The standard InChI is InChI=1S/C32H35F2N5O6/c1-19-12-22(45-31-8-10-35-29(37-31)18-44-27-7-5-21(33)14-23(27)34)9-11-38(19)15-30-36-24-6-4-20(32(40)42-3)13-25(24)39(30)26-16-43-17-28(26)41-2/h4-8,10,13-14,19,22,26,28H,9,11-12,15-18H2,1-3H3/t19-,22-,26+,28-/m0/s1. The van der Waals surface area contributed by atoms with Crippen LogP contribution < -0.4 is 9.47 Å². The number of halogens is 2. The molecule has 4 aromatic rings. The first-order valence-corrected chi connectivity index (χ1v) is 14.8. The monoisotopic (exact) mass is 623 g/mol. The van der Waals surface area contributed by atoms with Gasteiger partial charge in [0, 0.05) is 38.0 Å². The van der Waals surface area contributed by atoms with Gasteiger partial charge in [-0.05, 0) is 50.1 Å². The highest BCUT2D eigenvalue weighted by molar-refractivity contribution is 5.93. The van der Waals surface area contributed by atoms with Gasteiger partial charge in [-0.3, -0.25) is 4.90 Å². The molecule has 0 spiro atoms. The summed E-state index contributed by atoms with van der Waals surface area (Å²) in [6.07, 6.45) is 2.88. The molecule has 2 fully saturated rings. The van der Waals surface area contributed by atoms with Crippen LogP contribution in [0.5, 0.6) is 11.6 Å². The van der Waals surface area contributed by atoms with Crippen molar-refractivity contribution in [2.75, 3.05) is 34.0 Å².